The second-order valence-corrected chi connectivity index (χ2v) is 7.17. The number of nitrogens with one attached hydrogen (secondary N) is 2. The number of benzene rings is 2. The molecule has 0 aliphatic heterocycles. The van der Waals surface area contributed by atoms with Gasteiger partial charge in [-0.05, 0) is 48.1 Å². The Labute approximate surface area is 160 Å². The second kappa shape index (κ2) is 8.49. The van der Waals surface area contributed by atoms with E-state index in [1.54, 1.807) is 6.07 Å². The van der Waals surface area contributed by atoms with E-state index in [0.717, 1.165) is 0 Å². The normalized spacial score (nSPS) is 11.1. The molecule has 0 spiro atoms. The minimum Gasteiger partial charge on any atom is -0.332 e. The minimum absolute atomic E-state index is 0.00736. The number of amides is 1. The predicted octanol–water partition coefficient (Wildman–Crippen LogP) is 1.77. The van der Waals surface area contributed by atoms with Crippen molar-refractivity contribution in [2.24, 2.45) is 5.14 Å². The number of thiocarbonyl (C=S) groups is 1. The maximum Gasteiger partial charge on any atom is 0.270 e. The molecule has 0 atom stereocenters. The Kier molecular flexibility index (Phi) is 6.34. The average molecular weight is 406 g/mol. The Morgan fingerprint density at radius 1 is 1.19 bits per heavy atom. The number of nitrogens with zero attached hydrogens (tertiary/aromatic N) is 1. The lowest BCUT2D eigenvalue weighted by molar-refractivity contribution is -0.384. The Balaban J connectivity index is 1.94. The van der Waals surface area contributed by atoms with Gasteiger partial charge in [0.05, 0.1) is 9.82 Å². The van der Waals surface area contributed by atoms with Crippen molar-refractivity contribution in [3.63, 3.8) is 0 Å². The molecular weight excluding hydrogens is 392 g/mol. The molecular formula is C16H14N4O5S2. The van der Waals surface area contributed by atoms with E-state index in [9.17, 15) is 23.3 Å². The molecule has 0 aromatic heterocycles. The summed E-state index contributed by atoms with van der Waals surface area (Å²) in [7, 11) is -3.79. The number of nitro groups is 1. The van der Waals surface area contributed by atoms with Gasteiger partial charge in [0.1, 0.15) is 0 Å². The molecule has 27 heavy (non-hydrogen) atoms. The number of anilines is 1. The lowest BCUT2D eigenvalue weighted by atomic mass is 10.2. The molecule has 0 saturated carbocycles. The van der Waals surface area contributed by atoms with Crippen molar-refractivity contribution >= 4 is 50.7 Å². The first-order chi connectivity index (χ1) is 12.6. The minimum atomic E-state index is -3.79. The molecule has 1 amide bonds. The highest BCUT2D eigenvalue weighted by molar-refractivity contribution is 7.89. The lowest BCUT2D eigenvalue weighted by Crippen LogP contribution is -2.32. The molecule has 0 unspecified atom stereocenters. The van der Waals surface area contributed by atoms with Crippen LogP contribution in [0.2, 0.25) is 0 Å². The van der Waals surface area contributed by atoms with Gasteiger partial charge in [-0.3, -0.25) is 20.2 Å². The van der Waals surface area contributed by atoms with Crippen molar-refractivity contribution in [1.29, 1.82) is 0 Å². The molecule has 11 heteroatoms. The molecule has 2 aromatic rings. The summed E-state index contributed by atoms with van der Waals surface area (Å²) in [6.45, 7) is 0. The van der Waals surface area contributed by atoms with Crippen LogP contribution >= 0.6 is 12.2 Å². The van der Waals surface area contributed by atoms with Gasteiger partial charge in [0.2, 0.25) is 15.9 Å². The number of non-ortho nitro benzene ring substituents is 1. The first-order valence-electron chi connectivity index (χ1n) is 7.32. The maximum absolute atomic E-state index is 11.9. The zero-order valence-corrected chi connectivity index (χ0v) is 15.3. The summed E-state index contributed by atoms with van der Waals surface area (Å²) < 4.78 is 22.4. The number of hydrogen-bond donors (Lipinski definition) is 3. The molecule has 0 saturated heterocycles. The third-order valence-corrected chi connectivity index (χ3v) is 4.32. The van der Waals surface area contributed by atoms with Gasteiger partial charge in [-0.15, -0.1) is 0 Å². The van der Waals surface area contributed by atoms with Crippen LogP contribution in [0.4, 0.5) is 11.4 Å². The number of carbonyl (C=O) groups excluding carboxylic acids is 1. The van der Waals surface area contributed by atoms with E-state index < -0.39 is 20.9 Å². The maximum atomic E-state index is 11.9. The van der Waals surface area contributed by atoms with Gasteiger partial charge in [0.25, 0.3) is 5.69 Å². The van der Waals surface area contributed by atoms with E-state index >= 15 is 0 Å². The quantitative estimate of drug-likeness (QED) is 0.297. The predicted molar refractivity (Wildman–Crippen MR) is 104 cm³/mol. The van der Waals surface area contributed by atoms with Crippen molar-refractivity contribution in [2.45, 2.75) is 4.90 Å². The molecule has 0 aliphatic rings. The highest BCUT2D eigenvalue weighted by atomic mass is 32.2. The molecule has 140 valence electrons. The van der Waals surface area contributed by atoms with E-state index in [-0.39, 0.29) is 15.7 Å². The SMILES string of the molecule is NS(=O)(=O)c1ccc(NC(=S)NC(=O)/C=C/c2cccc([N+](=O)[O-])c2)cc1. The van der Waals surface area contributed by atoms with Crippen LogP contribution in [0.15, 0.2) is 59.5 Å². The number of rotatable bonds is 5. The first kappa shape index (κ1) is 20.2. The largest absolute Gasteiger partial charge is 0.332 e. The highest BCUT2D eigenvalue weighted by Crippen LogP contribution is 2.14. The van der Waals surface area contributed by atoms with E-state index in [1.807, 2.05) is 0 Å². The topological polar surface area (TPSA) is 144 Å². The van der Waals surface area contributed by atoms with Crippen LogP contribution in [0, 0.1) is 10.1 Å². The summed E-state index contributed by atoms with van der Waals surface area (Å²) in [5.74, 6) is -0.542. The molecule has 2 aromatic carbocycles. The van der Waals surface area contributed by atoms with Crippen molar-refractivity contribution in [2.75, 3.05) is 5.32 Å². The van der Waals surface area contributed by atoms with Crippen LogP contribution in [0.3, 0.4) is 0 Å². The van der Waals surface area contributed by atoms with Crippen LogP contribution in [0.25, 0.3) is 6.08 Å². The summed E-state index contributed by atoms with van der Waals surface area (Å²) in [4.78, 5) is 22.0. The van der Waals surface area contributed by atoms with Crippen LogP contribution < -0.4 is 15.8 Å². The van der Waals surface area contributed by atoms with Crippen LogP contribution in [-0.2, 0) is 14.8 Å². The standard InChI is InChI=1S/C16H14N4O5S2/c17-27(24,25)14-7-5-12(6-8-14)18-16(26)19-15(21)9-4-11-2-1-3-13(10-11)20(22)23/h1-10H,(H2,17,24,25)(H2,18,19,21,26)/b9-4+. The third kappa shape index (κ3) is 6.26. The molecule has 0 fully saturated rings. The smallest absolute Gasteiger partial charge is 0.270 e. The van der Waals surface area contributed by atoms with Gasteiger partial charge >= 0.3 is 0 Å². The van der Waals surface area contributed by atoms with E-state index in [1.165, 1.54) is 54.6 Å². The summed E-state index contributed by atoms with van der Waals surface area (Å²) in [5.41, 5.74) is 0.852. The van der Waals surface area contributed by atoms with Crippen molar-refractivity contribution < 1.29 is 18.1 Å². The average Bonchev–Trinajstić information content (AvgIpc) is 2.59. The van der Waals surface area contributed by atoms with Gasteiger partial charge in [0, 0.05) is 23.9 Å². The monoisotopic (exact) mass is 406 g/mol. The fraction of sp³-hybridized carbons (Fsp3) is 0. The molecule has 0 radical (unpaired) electrons. The summed E-state index contributed by atoms with van der Waals surface area (Å²) in [6, 6.07) is 11.3. The molecule has 4 N–H and O–H groups in total. The Hall–Kier alpha value is -3.15. The number of nitro benzene ring substituents is 1. The molecule has 9 nitrogen and oxygen atoms in total. The number of sulfonamides is 1. The second-order valence-electron chi connectivity index (χ2n) is 5.20. The Bertz CT molecular complexity index is 1020. The fourth-order valence-electron chi connectivity index (χ4n) is 1.96. The summed E-state index contributed by atoms with van der Waals surface area (Å²) >= 11 is 5.00. The molecule has 0 heterocycles. The van der Waals surface area contributed by atoms with Crippen LogP contribution in [0.5, 0.6) is 0 Å². The number of nitrogens with two attached hydrogens (primary N) is 1. The first-order valence-corrected chi connectivity index (χ1v) is 9.28. The van der Waals surface area contributed by atoms with Crippen molar-refractivity contribution in [1.82, 2.24) is 5.32 Å². The number of carbonyl (C=O) groups is 1. The molecule has 0 aliphatic carbocycles. The zero-order valence-electron chi connectivity index (χ0n) is 13.7. The number of hydrogen-bond acceptors (Lipinski definition) is 6. The van der Waals surface area contributed by atoms with Gasteiger partial charge in [-0.25, -0.2) is 13.6 Å². The van der Waals surface area contributed by atoms with Gasteiger partial charge in [-0.1, -0.05) is 12.1 Å². The van der Waals surface area contributed by atoms with Crippen molar-refractivity contribution in [3.05, 3.63) is 70.3 Å². The lowest BCUT2D eigenvalue weighted by Gasteiger charge is -2.08. The van der Waals surface area contributed by atoms with E-state index in [4.69, 9.17) is 17.4 Å². The Morgan fingerprint density at radius 2 is 1.85 bits per heavy atom. The van der Waals surface area contributed by atoms with Gasteiger partial charge < -0.3 is 5.32 Å². The van der Waals surface area contributed by atoms with Gasteiger partial charge in [0.15, 0.2) is 5.11 Å². The summed E-state index contributed by atoms with van der Waals surface area (Å²) in [5, 5.41) is 20.8. The summed E-state index contributed by atoms with van der Waals surface area (Å²) in [6.07, 6.45) is 2.59. The van der Waals surface area contributed by atoms with Crippen molar-refractivity contribution in [3.8, 4) is 0 Å². The third-order valence-electron chi connectivity index (χ3n) is 3.19. The Morgan fingerprint density at radius 3 is 2.44 bits per heavy atom. The zero-order chi connectivity index (χ0) is 20.0. The van der Waals surface area contributed by atoms with Crippen LogP contribution in [0.1, 0.15) is 5.56 Å². The van der Waals surface area contributed by atoms with E-state index in [2.05, 4.69) is 10.6 Å². The van der Waals surface area contributed by atoms with Crippen LogP contribution in [-0.4, -0.2) is 24.4 Å². The molecule has 0 bridgehead atoms. The fourth-order valence-corrected chi connectivity index (χ4v) is 2.69. The van der Waals surface area contributed by atoms with E-state index in [0.29, 0.717) is 11.3 Å². The highest BCUT2D eigenvalue weighted by Gasteiger charge is 2.08. The number of primary sulfonamides is 1. The molecule has 2 rings (SSSR count). The van der Waals surface area contributed by atoms with Gasteiger partial charge in [-0.2, -0.15) is 0 Å².